The molecule has 18 heavy (non-hydrogen) atoms. The highest BCUT2D eigenvalue weighted by molar-refractivity contribution is 5.71. The second-order valence-corrected chi connectivity index (χ2v) is 5.53. The van der Waals surface area contributed by atoms with Crippen molar-refractivity contribution >= 4 is 5.57 Å². The molecule has 1 aliphatic rings. The highest BCUT2D eigenvalue weighted by atomic mass is 16.5. The minimum Gasteiger partial charge on any atom is -0.375 e. The van der Waals surface area contributed by atoms with Gasteiger partial charge in [-0.15, -0.1) is 0 Å². The Morgan fingerprint density at radius 3 is 2.61 bits per heavy atom. The molecular weight excluding hydrogens is 222 g/mol. The van der Waals surface area contributed by atoms with Gasteiger partial charge in [0, 0.05) is 11.8 Å². The smallest absolute Gasteiger partial charge is 0.0894 e. The molecule has 1 aromatic heterocycles. The third-order valence-electron chi connectivity index (χ3n) is 3.46. The number of pyridine rings is 1. The first-order valence-electron chi connectivity index (χ1n) is 6.87. The summed E-state index contributed by atoms with van der Waals surface area (Å²) in [7, 11) is 0. The Morgan fingerprint density at radius 1 is 1.17 bits per heavy atom. The zero-order valence-electron chi connectivity index (χ0n) is 11.9. The van der Waals surface area contributed by atoms with E-state index in [0.717, 1.165) is 18.7 Å². The van der Waals surface area contributed by atoms with Gasteiger partial charge < -0.3 is 4.74 Å². The summed E-state index contributed by atoms with van der Waals surface area (Å²) >= 11 is 0. The molecule has 2 rings (SSSR count). The molecule has 0 atom stereocenters. The molecule has 0 spiro atoms. The normalized spacial score (nSPS) is 19.1. The minimum absolute atomic E-state index is 0.517. The lowest BCUT2D eigenvalue weighted by molar-refractivity contribution is 0.121. The summed E-state index contributed by atoms with van der Waals surface area (Å²) in [4.78, 5) is 4.53. The summed E-state index contributed by atoms with van der Waals surface area (Å²) in [5, 5.41) is 0. The van der Waals surface area contributed by atoms with Crippen molar-refractivity contribution in [2.45, 2.75) is 46.6 Å². The molecule has 0 radical (unpaired) electrons. The lowest BCUT2D eigenvalue weighted by Gasteiger charge is -2.23. The first-order chi connectivity index (χ1) is 8.61. The summed E-state index contributed by atoms with van der Waals surface area (Å²) in [5.74, 6) is 1.05. The van der Waals surface area contributed by atoms with E-state index >= 15 is 0 Å². The fraction of sp³-hybridized carbons (Fsp3) is 0.562. The third-order valence-corrected chi connectivity index (χ3v) is 3.46. The zero-order valence-corrected chi connectivity index (χ0v) is 11.9. The molecule has 2 heteroatoms. The highest BCUT2D eigenvalue weighted by Crippen LogP contribution is 2.33. The molecule has 0 unspecified atom stereocenters. The van der Waals surface area contributed by atoms with Gasteiger partial charge in [-0.2, -0.15) is 0 Å². The third kappa shape index (κ3) is 2.64. The summed E-state index contributed by atoms with van der Waals surface area (Å²) in [6.45, 7) is 10.4. The number of ether oxygens (including phenoxy) is 1. The Morgan fingerprint density at radius 2 is 1.94 bits per heavy atom. The Labute approximate surface area is 110 Å². The molecule has 0 N–H and O–H groups in total. The molecule has 0 bridgehead atoms. The van der Waals surface area contributed by atoms with Crippen LogP contribution in [0, 0.1) is 5.92 Å². The number of nitrogens with zero attached hydrogens (tertiary/aromatic N) is 1. The van der Waals surface area contributed by atoms with Crippen molar-refractivity contribution in [1.29, 1.82) is 0 Å². The lowest BCUT2D eigenvalue weighted by Crippen LogP contribution is -2.11. The summed E-state index contributed by atoms with van der Waals surface area (Å²) < 4.78 is 5.66. The molecule has 0 aliphatic carbocycles. The predicted molar refractivity (Wildman–Crippen MR) is 75.4 cm³/mol. The highest BCUT2D eigenvalue weighted by Gasteiger charge is 2.19. The first-order valence-corrected chi connectivity index (χ1v) is 6.87. The van der Waals surface area contributed by atoms with Crippen LogP contribution in [-0.4, -0.2) is 11.6 Å². The first kappa shape index (κ1) is 13.3. The van der Waals surface area contributed by atoms with E-state index in [0.29, 0.717) is 18.4 Å². The Kier molecular flexibility index (Phi) is 4.18. The van der Waals surface area contributed by atoms with Crippen LogP contribution in [0.2, 0.25) is 0 Å². The van der Waals surface area contributed by atoms with Crippen LogP contribution < -0.4 is 0 Å². The van der Waals surface area contributed by atoms with Crippen molar-refractivity contribution in [2.75, 3.05) is 6.61 Å². The van der Waals surface area contributed by atoms with Gasteiger partial charge in [-0.05, 0) is 35.5 Å². The van der Waals surface area contributed by atoms with E-state index in [1.165, 1.54) is 16.7 Å². The number of hydrogen-bond acceptors (Lipinski definition) is 2. The van der Waals surface area contributed by atoms with Crippen LogP contribution in [0.1, 0.15) is 56.9 Å². The number of rotatable bonds is 2. The van der Waals surface area contributed by atoms with Gasteiger partial charge in [0.2, 0.25) is 0 Å². The second kappa shape index (κ2) is 5.66. The number of allylic oxidation sites excluding steroid dienone is 1. The average molecular weight is 245 g/mol. The van der Waals surface area contributed by atoms with Crippen LogP contribution in [0.5, 0.6) is 0 Å². The quantitative estimate of drug-likeness (QED) is 0.780. The minimum atomic E-state index is 0.517. The summed E-state index contributed by atoms with van der Waals surface area (Å²) in [6, 6.07) is 2.15. The molecule has 0 saturated heterocycles. The van der Waals surface area contributed by atoms with Crippen molar-refractivity contribution < 1.29 is 4.74 Å². The van der Waals surface area contributed by atoms with Crippen LogP contribution in [0.3, 0.4) is 0 Å². The van der Waals surface area contributed by atoms with Gasteiger partial charge in [0.15, 0.2) is 0 Å². The van der Waals surface area contributed by atoms with Gasteiger partial charge in [0.1, 0.15) is 0 Å². The predicted octanol–water partition coefficient (Wildman–Crippen LogP) is 4.16. The second-order valence-electron chi connectivity index (χ2n) is 5.53. The van der Waals surface area contributed by atoms with E-state index in [1.807, 2.05) is 6.20 Å². The van der Waals surface area contributed by atoms with Crippen molar-refractivity contribution in [3.05, 3.63) is 35.2 Å². The van der Waals surface area contributed by atoms with Crippen molar-refractivity contribution in [3.63, 3.8) is 0 Å². The Bertz CT molecular complexity index is 446. The largest absolute Gasteiger partial charge is 0.375 e. The summed E-state index contributed by atoms with van der Waals surface area (Å²) in [6.07, 6.45) is 5.24. The van der Waals surface area contributed by atoms with Crippen LogP contribution in [0.25, 0.3) is 5.57 Å². The molecule has 2 heterocycles. The molecule has 1 aromatic rings. The van der Waals surface area contributed by atoms with Crippen LogP contribution in [0.4, 0.5) is 0 Å². The van der Waals surface area contributed by atoms with E-state index in [1.54, 1.807) is 0 Å². The Balaban J connectivity index is 2.60. The van der Waals surface area contributed by atoms with Crippen molar-refractivity contribution in [3.8, 4) is 0 Å². The molecule has 2 nitrogen and oxygen atoms in total. The number of hydrogen-bond donors (Lipinski definition) is 0. The van der Waals surface area contributed by atoms with Crippen LogP contribution in [-0.2, 0) is 11.3 Å². The van der Waals surface area contributed by atoms with Crippen molar-refractivity contribution in [2.24, 2.45) is 5.92 Å². The molecule has 1 aliphatic heterocycles. The van der Waals surface area contributed by atoms with Crippen molar-refractivity contribution in [1.82, 2.24) is 4.98 Å². The molecule has 0 amide bonds. The molecule has 0 fully saturated rings. The Hall–Kier alpha value is -1.15. The van der Waals surface area contributed by atoms with Crippen LogP contribution in [0.15, 0.2) is 18.3 Å². The van der Waals surface area contributed by atoms with E-state index in [-0.39, 0.29) is 0 Å². The zero-order chi connectivity index (χ0) is 13.1. The monoisotopic (exact) mass is 245 g/mol. The van der Waals surface area contributed by atoms with Gasteiger partial charge >= 0.3 is 0 Å². The maximum Gasteiger partial charge on any atom is 0.0894 e. The van der Waals surface area contributed by atoms with E-state index in [9.17, 15) is 0 Å². The average Bonchev–Trinajstić information content (AvgIpc) is 2.28. The standard InChI is InChI=1S/C16H23NO/c1-11(2)13-6-5-9-18-10-15-16(13)14(12(3)4)7-8-17-15/h6-8,11-12H,5,9-10H2,1-4H3/b13-6-. The van der Waals surface area contributed by atoms with Gasteiger partial charge in [-0.3, -0.25) is 4.98 Å². The lowest BCUT2D eigenvalue weighted by atomic mass is 9.86. The SMILES string of the molecule is CC(C)/C1=C/CCOCc2nccc(C(C)C)c21. The number of fused-ring (bicyclic) bond motifs is 1. The summed E-state index contributed by atoms with van der Waals surface area (Å²) in [5.41, 5.74) is 5.26. The van der Waals surface area contributed by atoms with Gasteiger partial charge in [-0.25, -0.2) is 0 Å². The fourth-order valence-corrected chi connectivity index (χ4v) is 2.54. The van der Waals surface area contributed by atoms with Gasteiger partial charge in [0.25, 0.3) is 0 Å². The molecular formula is C16H23NO. The van der Waals surface area contributed by atoms with E-state index < -0.39 is 0 Å². The number of aromatic nitrogens is 1. The van der Waals surface area contributed by atoms with Gasteiger partial charge in [0.05, 0.1) is 18.9 Å². The van der Waals surface area contributed by atoms with E-state index in [4.69, 9.17) is 4.74 Å². The topological polar surface area (TPSA) is 22.1 Å². The molecule has 98 valence electrons. The maximum absolute atomic E-state index is 5.66. The fourth-order valence-electron chi connectivity index (χ4n) is 2.54. The maximum atomic E-state index is 5.66. The molecule has 0 saturated carbocycles. The van der Waals surface area contributed by atoms with Crippen LogP contribution >= 0.6 is 0 Å². The van der Waals surface area contributed by atoms with E-state index in [2.05, 4.69) is 44.8 Å². The van der Waals surface area contributed by atoms with Gasteiger partial charge in [-0.1, -0.05) is 33.8 Å². The molecule has 0 aromatic carbocycles.